The number of hydrogen-bond donors (Lipinski definition) is 1. The summed E-state index contributed by atoms with van der Waals surface area (Å²) in [5, 5.41) is 7.35. The van der Waals surface area contributed by atoms with E-state index < -0.39 is 0 Å². The van der Waals surface area contributed by atoms with Gasteiger partial charge in [0, 0.05) is 18.8 Å². The van der Waals surface area contributed by atoms with Crippen molar-refractivity contribution in [3.05, 3.63) is 60.7 Å². The fourth-order valence-corrected chi connectivity index (χ4v) is 1.90. The lowest BCUT2D eigenvalue weighted by Crippen LogP contribution is -2.06. The van der Waals surface area contributed by atoms with Crippen LogP contribution in [0.3, 0.4) is 0 Å². The van der Waals surface area contributed by atoms with Gasteiger partial charge in [0.25, 0.3) is 0 Å². The molecule has 0 aliphatic carbocycles. The van der Waals surface area contributed by atoms with E-state index in [9.17, 15) is 0 Å². The number of pyridine rings is 1. The van der Waals surface area contributed by atoms with Gasteiger partial charge in [0.15, 0.2) is 0 Å². The molecule has 106 valence electrons. The molecular formula is C15H15N5O. The van der Waals surface area contributed by atoms with Crippen LogP contribution in [-0.4, -0.2) is 26.8 Å². The fraction of sp³-hybridized carbons (Fsp3) is 0.133. The molecule has 0 saturated heterocycles. The Morgan fingerprint density at radius 3 is 2.81 bits per heavy atom. The molecule has 0 unspecified atom stereocenters. The molecule has 1 N–H and O–H groups in total. The fourth-order valence-electron chi connectivity index (χ4n) is 1.90. The summed E-state index contributed by atoms with van der Waals surface area (Å²) in [6, 6.07) is 13.7. The number of nitrogens with zero attached hydrogens (tertiary/aromatic N) is 4. The molecule has 3 aromatic rings. The summed E-state index contributed by atoms with van der Waals surface area (Å²) in [4.78, 5) is 8.39. The van der Waals surface area contributed by atoms with E-state index in [-0.39, 0.29) is 0 Å². The van der Waals surface area contributed by atoms with Crippen LogP contribution < -0.4 is 10.1 Å². The Balaban J connectivity index is 1.77. The second-order valence-electron chi connectivity index (χ2n) is 4.42. The molecule has 2 aromatic heterocycles. The van der Waals surface area contributed by atoms with Crippen molar-refractivity contribution in [3.8, 4) is 17.4 Å². The SMILES string of the molecule is CNCc1cc(Oc2ncn(-c3ccccc3)n2)ccn1. The molecule has 0 spiro atoms. The molecule has 21 heavy (non-hydrogen) atoms. The summed E-state index contributed by atoms with van der Waals surface area (Å²) < 4.78 is 7.33. The largest absolute Gasteiger partial charge is 0.423 e. The van der Waals surface area contributed by atoms with E-state index in [1.54, 1.807) is 23.3 Å². The zero-order valence-corrected chi connectivity index (χ0v) is 11.6. The lowest BCUT2D eigenvalue weighted by molar-refractivity contribution is 0.440. The Morgan fingerprint density at radius 2 is 2.00 bits per heavy atom. The van der Waals surface area contributed by atoms with Crippen molar-refractivity contribution in [3.63, 3.8) is 0 Å². The third-order valence-electron chi connectivity index (χ3n) is 2.85. The van der Waals surface area contributed by atoms with Gasteiger partial charge >= 0.3 is 6.01 Å². The molecule has 0 aliphatic rings. The maximum Gasteiger partial charge on any atom is 0.341 e. The van der Waals surface area contributed by atoms with Crippen LogP contribution in [0, 0.1) is 0 Å². The summed E-state index contributed by atoms with van der Waals surface area (Å²) in [5.74, 6) is 0.668. The third kappa shape index (κ3) is 3.24. The maximum atomic E-state index is 5.66. The molecule has 0 amide bonds. The molecule has 1 aromatic carbocycles. The Kier molecular flexibility index (Phi) is 3.88. The monoisotopic (exact) mass is 281 g/mol. The summed E-state index contributed by atoms with van der Waals surface area (Å²) in [5.41, 5.74) is 1.84. The second-order valence-corrected chi connectivity index (χ2v) is 4.42. The first-order valence-corrected chi connectivity index (χ1v) is 6.59. The molecule has 2 heterocycles. The van der Waals surface area contributed by atoms with Crippen molar-refractivity contribution >= 4 is 0 Å². The minimum absolute atomic E-state index is 0.306. The van der Waals surface area contributed by atoms with Crippen LogP contribution >= 0.6 is 0 Å². The van der Waals surface area contributed by atoms with Gasteiger partial charge < -0.3 is 10.1 Å². The van der Waals surface area contributed by atoms with E-state index >= 15 is 0 Å². The summed E-state index contributed by atoms with van der Waals surface area (Å²) >= 11 is 0. The van der Waals surface area contributed by atoms with Crippen LogP contribution in [0.2, 0.25) is 0 Å². The zero-order chi connectivity index (χ0) is 14.5. The number of hydrogen-bond acceptors (Lipinski definition) is 5. The van der Waals surface area contributed by atoms with E-state index in [1.165, 1.54) is 0 Å². The van der Waals surface area contributed by atoms with Gasteiger partial charge in [0.1, 0.15) is 12.1 Å². The Hall–Kier alpha value is -2.73. The minimum Gasteiger partial charge on any atom is -0.423 e. The van der Waals surface area contributed by atoms with Crippen molar-refractivity contribution in [2.24, 2.45) is 0 Å². The smallest absolute Gasteiger partial charge is 0.341 e. The van der Waals surface area contributed by atoms with Crippen LogP contribution in [-0.2, 0) is 6.54 Å². The average Bonchev–Trinajstić information content (AvgIpc) is 2.97. The van der Waals surface area contributed by atoms with Crippen LogP contribution in [0.25, 0.3) is 5.69 Å². The molecular weight excluding hydrogens is 266 g/mol. The normalized spacial score (nSPS) is 10.5. The molecule has 0 atom stereocenters. The van der Waals surface area contributed by atoms with Gasteiger partial charge in [-0.15, -0.1) is 5.10 Å². The van der Waals surface area contributed by atoms with Gasteiger partial charge in [-0.2, -0.15) is 4.98 Å². The molecule has 3 rings (SSSR count). The van der Waals surface area contributed by atoms with Crippen molar-refractivity contribution in [2.75, 3.05) is 7.05 Å². The molecule has 0 bridgehead atoms. The standard InChI is InChI=1S/C15H15N5O/c1-16-10-12-9-14(7-8-17-12)21-15-18-11-20(19-15)13-5-3-2-4-6-13/h2-9,11,16H,10H2,1H3. The molecule has 0 saturated carbocycles. The molecule has 0 radical (unpaired) electrons. The van der Waals surface area contributed by atoms with E-state index in [4.69, 9.17) is 4.74 Å². The van der Waals surface area contributed by atoms with Gasteiger partial charge in [0.2, 0.25) is 0 Å². The lowest BCUT2D eigenvalue weighted by atomic mass is 10.3. The summed E-state index contributed by atoms with van der Waals surface area (Å²) in [6.45, 7) is 0.684. The Morgan fingerprint density at radius 1 is 1.14 bits per heavy atom. The van der Waals surface area contributed by atoms with Crippen molar-refractivity contribution in [1.82, 2.24) is 25.1 Å². The summed E-state index contributed by atoms with van der Waals surface area (Å²) in [6.07, 6.45) is 3.33. The number of para-hydroxylation sites is 1. The number of nitrogens with one attached hydrogen (secondary N) is 1. The van der Waals surface area contributed by atoms with Gasteiger partial charge in [-0.05, 0) is 25.2 Å². The highest BCUT2D eigenvalue weighted by Gasteiger charge is 2.06. The highest BCUT2D eigenvalue weighted by molar-refractivity contribution is 5.30. The maximum absolute atomic E-state index is 5.66. The molecule has 0 fully saturated rings. The predicted octanol–water partition coefficient (Wildman–Crippen LogP) is 2.17. The third-order valence-corrected chi connectivity index (χ3v) is 2.85. The van der Waals surface area contributed by atoms with Crippen LogP contribution in [0.5, 0.6) is 11.8 Å². The first-order chi connectivity index (χ1) is 10.3. The molecule has 0 aliphatic heterocycles. The molecule has 6 heteroatoms. The van der Waals surface area contributed by atoms with Gasteiger partial charge in [0.05, 0.1) is 11.4 Å². The van der Waals surface area contributed by atoms with Crippen LogP contribution in [0.15, 0.2) is 55.0 Å². The number of benzene rings is 1. The first-order valence-electron chi connectivity index (χ1n) is 6.59. The van der Waals surface area contributed by atoms with Crippen molar-refractivity contribution in [1.29, 1.82) is 0 Å². The Bertz CT molecular complexity index is 711. The zero-order valence-electron chi connectivity index (χ0n) is 11.6. The Labute approximate surface area is 122 Å². The number of ether oxygens (including phenoxy) is 1. The topological polar surface area (TPSA) is 64.9 Å². The predicted molar refractivity (Wildman–Crippen MR) is 78.4 cm³/mol. The van der Waals surface area contributed by atoms with E-state index in [1.807, 2.05) is 43.4 Å². The van der Waals surface area contributed by atoms with Crippen LogP contribution in [0.1, 0.15) is 5.69 Å². The van der Waals surface area contributed by atoms with Gasteiger partial charge in [-0.25, -0.2) is 4.68 Å². The summed E-state index contributed by atoms with van der Waals surface area (Å²) in [7, 11) is 1.87. The first kappa shape index (κ1) is 13.3. The van der Waals surface area contributed by atoms with Crippen LogP contribution in [0.4, 0.5) is 0 Å². The van der Waals surface area contributed by atoms with Crippen molar-refractivity contribution < 1.29 is 4.74 Å². The number of aromatic nitrogens is 4. The average molecular weight is 281 g/mol. The van der Waals surface area contributed by atoms with Gasteiger partial charge in [-0.3, -0.25) is 4.98 Å². The van der Waals surface area contributed by atoms with E-state index in [0.717, 1.165) is 11.4 Å². The second kappa shape index (κ2) is 6.15. The highest BCUT2D eigenvalue weighted by atomic mass is 16.5. The van der Waals surface area contributed by atoms with E-state index in [0.29, 0.717) is 18.3 Å². The van der Waals surface area contributed by atoms with E-state index in [2.05, 4.69) is 20.4 Å². The van der Waals surface area contributed by atoms with Gasteiger partial charge in [-0.1, -0.05) is 18.2 Å². The number of rotatable bonds is 5. The lowest BCUT2D eigenvalue weighted by Gasteiger charge is -2.03. The molecule has 6 nitrogen and oxygen atoms in total. The minimum atomic E-state index is 0.306. The highest BCUT2D eigenvalue weighted by Crippen LogP contribution is 2.18. The van der Waals surface area contributed by atoms with Crippen molar-refractivity contribution in [2.45, 2.75) is 6.54 Å². The quantitative estimate of drug-likeness (QED) is 0.776.